The van der Waals surface area contributed by atoms with Crippen LogP contribution < -0.4 is 4.90 Å². The Bertz CT molecular complexity index is 678. The number of aliphatic hydroxyl groups is 1. The fourth-order valence-corrected chi connectivity index (χ4v) is 3.16. The van der Waals surface area contributed by atoms with E-state index in [2.05, 4.69) is 15.0 Å². The maximum absolute atomic E-state index is 12.3. The van der Waals surface area contributed by atoms with Crippen molar-refractivity contribution in [2.45, 2.75) is 31.4 Å². The maximum Gasteiger partial charge on any atom is 0.225 e. The molecule has 1 aliphatic rings. The summed E-state index contributed by atoms with van der Waals surface area (Å²) in [7, 11) is 1.75. The smallest absolute Gasteiger partial charge is 0.225 e. The minimum Gasteiger partial charge on any atom is -0.386 e. The zero-order valence-electron chi connectivity index (χ0n) is 14.5. The first-order valence-corrected chi connectivity index (χ1v) is 8.50. The lowest BCUT2D eigenvalue weighted by atomic mass is 10.0. The Balaban J connectivity index is 1.46. The van der Waals surface area contributed by atoms with Crippen molar-refractivity contribution in [2.24, 2.45) is 0 Å². The molecular weight excluding hydrogens is 320 g/mol. The summed E-state index contributed by atoms with van der Waals surface area (Å²) in [6, 6.07) is 1.77. The van der Waals surface area contributed by atoms with Gasteiger partial charge in [-0.15, -0.1) is 0 Å². The number of imidazole rings is 1. The maximum atomic E-state index is 12.3. The molecule has 25 heavy (non-hydrogen) atoms. The van der Waals surface area contributed by atoms with Crippen molar-refractivity contribution in [3.63, 3.8) is 0 Å². The van der Waals surface area contributed by atoms with E-state index in [1.165, 1.54) is 0 Å². The van der Waals surface area contributed by atoms with Crippen LogP contribution in [0, 0.1) is 0 Å². The summed E-state index contributed by atoms with van der Waals surface area (Å²) >= 11 is 0. The zero-order valence-corrected chi connectivity index (χ0v) is 14.5. The molecule has 1 aliphatic heterocycles. The number of aromatic nitrogens is 4. The average Bonchev–Trinajstić information content (AvgIpc) is 3.25. The molecule has 2 aromatic rings. The molecule has 0 unspecified atom stereocenters. The number of amides is 1. The second kappa shape index (κ2) is 7.60. The summed E-state index contributed by atoms with van der Waals surface area (Å²) in [6.07, 6.45) is 10.5. The summed E-state index contributed by atoms with van der Waals surface area (Å²) in [5.41, 5.74) is -0.923. The molecule has 1 atom stereocenters. The molecule has 134 valence electrons. The monoisotopic (exact) mass is 344 g/mol. The van der Waals surface area contributed by atoms with Crippen LogP contribution >= 0.6 is 0 Å². The van der Waals surface area contributed by atoms with Gasteiger partial charge in [0.2, 0.25) is 11.9 Å². The number of hydrogen-bond acceptors (Lipinski definition) is 6. The Hall–Kier alpha value is -2.48. The van der Waals surface area contributed by atoms with Crippen molar-refractivity contribution < 1.29 is 9.90 Å². The SMILES string of the molecule is CN(C[C@]1(O)CCN(c2ncccn2)C1)C(=O)CCCn1ccnc1. The van der Waals surface area contributed by atoms with E-state index in [0.717, 1.165) is 13.0 Å². The fraction of sp³-hybridized carbons (Fsp3) is 0.529. The van der Waals surface area contributed by atoms with Crippen LogP contribution in [0.15, 0.2) is 37.2 Å². The highest BCUT2D eigenvalue weighted by Gasteiger charge is 2.38. The molecule has 0 bridgehead atoms. The first-order chi connectivity index (χ1) is 12.1. The molecule has 8 nitrogen and oxygen atoms in total. The van der Waals surface area contributed by atoms with E-state index in [0.29, 0.717) is 38.4 Å². The number of likely N-dealkylation sites (N-methyl/N-ethyl adjacent to an activating group) is 1. The molecule has 3 heterocycles. The van der Waals surface area contributed by atoms with Gasteiger partial charge in [-0.1, -0.05) is 0 Å². The highest BCUT2D eigenvalue weighted by molar-refractivity contribution is 5.75. The van der Waals surface area contributed by atoms with E-state index >= 15 is 0 Å². The third-order valence-corrected chi connectivity index (χ3v) is 4.49. The van der Waals surface area contributed by atoms with E-state index in [9.17, 15) is 9.90 Å². The Kier molecular flexibility index (Phi) is 5.28. The molecular formula is C17H24N6O2. The summed E-state index contributed by atoms with van der Waals surface area (Å²) in [4.78, 5) is 28.3. The van der Waals surface area contributed by atoms with Crippen LogP contribution in [0.2, 0.25) is 0 Å². The van der Waals surface area contributed by atoms with Crippen LogP contribution in [0.5, 0.6) is 0 Å². The zero-order chi connectivity index (χ0) is 17.7. The van der Waals surface area contributed by atoms with Gasteiger partial charge >= 0.3 is 0 Å². The van der Waals surface area contributed by atoms with Gasteiger partial charge in [-0.3, -0.25) is 4.79 Å². The van der Waals surface area contributed by atoms with E-state index in [4.69, 9.17) is 0 Å². The van der Waals surface area contributed by atoms with Gasteiger partial charge in [0.25, 0.3) is 0 Å². The Morgan fingerprint density at radius 3 is 2.88 bits per heavy atom. The van der Waals surface area contributed by atoms with Crippen molar-refractivity contribution in [3.8, 4) is 0 Å². The Morgan fingerprint density at radius 1 is 1.36 bits per heavy atom. The predicted molar refractivity (Wildman–Crippen MR) is 92.9 cm³/mol. The quantitative estimate of drug-likeness (QED) is 0.789. The fourth-order valence-electron chi connectivity index (χ4n) is 3.16. The summed E-state index contributed by atoms with van der Waals surface area (Å²) in [6.45, 7) is 2.20. The van der Waals surface area contributed by atoms with Gasteiger partial charge in [0.05, 0.1) is 19.4 Å². The van der Waals surface area contributed by atoms with E-state index in [1.807, 2.05) is 15.7 Å². The number of β-amino-alcohol motifs (C(OH)–C–C–N with tert-alkyl or cyclic N) is 1. The van der Waals surface area contributed by atoms with Gasteiger partial charge < -0.3 is 19.5 Å². The number of nitrogens with zero attached hydrogens (tertiary/aromatic N) is 6. The van der Waals surface area contributed by atoms with Crippen LogP contribution in [-0.4, -0.2) is 67.7 Å². The molecule has 8 heteroatoms. The third kappa shape index (κ3) is 4.54. The van der Waals surface area contributed by atoms with Crippen LogP contribution in [0.4, 0.5) is 5.95 Å². The van der Waals surface area contributed by atoms with Crippen molar-refractivity contribution in [2.75, 3.05) is 31.6 Å². The molecule has 0 aliphatic carbocycles. The first kappa shape index (κ1) is 17.3. The van der Waals surface area contributed by atoms with Gasteiger partial charge in [0.15, 0.2) is 0 Å². The predicted octanol–water partition coefficient (Wildman–Crippen LogP) is 0.553. The Labute approximate surface area is 147 Å². The van der Waals surface area contributed by atoms with Gasteiger partial charge in [0.1, 0.15) is 5.60 Å². The molecule has 3 rings (SSSR count). The normalized spacial score (nSPS) is 20.0. The lowest BCUT2D eigenvalue weighted by molar-refractivity contribution is -0.132. The van der Waals surface area contributed by atoms with Crippen molar-refractivity contribution >= 4 is 11.9 Å². The number of hydrogen-bond donors (Lipinski definition) is 1. The number of rotatable bonds is 7. The van der Waals surface area contributed by atoms with Crippen LogP contribution in [0.25, 0.3) is 0 Å². The van der Waals surface area contributed by atoms with Crippen LogP contribution in [0.3, 0.4) is 0 Å². The van der Waals surface area contributed by atoms with Crippen molar-refractivity contribution in [3.05, 3.63) is 37.2 Å². The Morgan fingerprint density at radius 2 is 2.16 bits per heavy atom. The van der Waals surface area contributed by atoms with Gasteiger partial charge in [-0.05, 0) is 18.9 Å². The minimum atomic E-state index is -0.923. The second-order valence-corrected chi connectivity index (χ2v) is 6.60. The highest BCUT2D eigenvalue weighted by Crippen LogP contribution is 2.25. The standard InChI is InChI=1S/C17H24N6O2/c1-21(15(24)4-2-9-22-11-8-18-14-22)12-17(25)5-10-23(13-17)16-19-6-3-7-20-16/h3,6-8,11,14,25H,2,4-5,9-10,12-13H2,1H3/t17-/m1/s1. The largest absolute Gasteiger partial charge is 0.386 e. The number of carbonyl (C=O) groups is 1. The highest BCUT2D eigenvalue weighted by atomic mass is 16.3. The molecule has 1 fully saturated rings. The first-order valence-electron chi connectivity index (χ1n) is 8.50. The molecule has 0 aromatic carbocycles. The number of carbonyl (C=O) groups excluding carboxylic acids is 1. The summed E-state index contributed by atoms with van der Waals surface area (Å²) in [5.74, 6) is 0.663. The van der Waals surface area contributed by atoms with Gasteiger partial charge in [-0.2, -0.15) is 0 Å². The van der Waals surface area contributed by atoms with Crippen molar-refractivity contribution in [1.82, 2.24) is 24.4 Å². The van der Waals surface area contributed by atoms with Crippen molar-refractivity contribution in [1.29, 1.82) is 0 Å². The molecule has 0 spiro atoms. The molecule has 1 saturated heterocycles. The number of aryl methyl sites for hydroxylation is 1. The average molecular weight is 344 g/mol. The van der Waals surface area contributed by atoms with Gasteiger partial charge in [0, 0.05) is 51.3 Å². The third-order valence-electron chi connectivity index (χ3n) is 4.49. The lowest BCUT2D eigenvalue weighted by Gasteiger charge is -2.29. The summed E-state index contributed by atoms with van der Waals surface area (Å²) < 4.78 is 1.95. The van der Waals surface area contributed by atoms with Gasteiger partial charge in [-0.25, -0.2) is 15.0 Å². The summed E-state index contributed by atoms with van der Waals surface area (Å²) in [5, 5.41) is 10.8. The van der Waals surface area contributed by atoms with E-state index in [1.54, 1.807) is 42.9 Å². The van der Waals surface area contributed by atoms with E-state index < -0.39 is 5.60 Å². The minimum absolute atomic E-state index is 0.0444. The number of anilines is 1. The molecule has 2 aromatic heterocycles. The topological polar surface area (TPSA) is 87.4 Å². The second-order valence-electron chi connectivity index (χ2n) is 6.60. The molecule has 0 radical (unpaired) electrons. The molecule has 1 amide bonds. The molecule has 0 saturated carbocycles. The lowest BCUT2D eigenvalue weighted by Crippen LogP contribution is -2.46. The molecule has 1 N–H and O–H groups in total. The van der Waals surface area contributed by atoms with E-state index in [-0.39, 0.29) is 5.91 Å². The van der Waals surface area contributed by atoms with Crippen LogP contribution in [0.1, 0.15) is 19.3 Å². The van der Waals surface area contributed by atoms with Crippen LogP contribution in [-0.2, 0) is 11.3 Å².